The van der Waals surface area contributed by atoms with E-state index in [1.807, 2.05) is 0 Å². The fraction of sp³-hybridized carbons (Fsp3) is 0.615. The Morgan fingerprint density at radius 2 is 2.00 bits per heavy atom. The zero-order valence-electron chi connectivity index (χ0n) is 9.80. The SMILES string of the molecule is CC1=CC(C)CCP=CCC(C)=C1C. The summed E-state index contributed by atoms with van der Waals surface area (Å²) in [6.07, 6.45) is 6.23. The summed E-state index contributed by atoms with van der Waals surface area (Å²) in [6, 6.07) is 0. The summed E-state index contributed by atoms with van der Waals surface area (Å²) in [5.41, 5.74) is 4.49. The standard InChI is InChI=1S/C13H21P/c1-10-5-7-14-8-6-11(2)13(4)12(3)9-10/h8-10H,5-7H2,1-4H3. The highest BCUT2D eigenvalue weighted by Gasteiger charge is 2.03. The van der Waals surface area contributed by atoms with Crippen molar-refractivity contribution in [1.82, 2.24) is 0 Å². The van der Waals surface area contributed by atoms with Gasteiger partial charge in [-0.25, -0.2) is 0 Å². The Labute approximate surface area is 89.9 Å². The van der Waals surface area contributed by atoms with Crippen molar-refractivity contribution in [2.24, 2.45) is 5.92 Å². The van der Waals surface area contributed by atoms with Crippen LogP contribution in [0, 0.1) is 5.92 Å². The molecule has 0 bridgehead atoms. The van der Waals surface area contributed by atoms with Crippen molar-refractivity contribution in [2.45, 2.75) is 40.5 Å². The minimum Gasteiger partial charge on any atom is -0.109 e. The third-order valence-electron chi connectivity index (χ3n) is 3.01. The highest BCUT2D eigenvalue weighted by molar-refractivity contribution is 7.38. The van der Waals surface area contributed by atoms with Crippen molar-refractivity contribution in [2.75, 3.05) is 6.16 Å². The second-order valence-electron chi connectivity index (χ2n) is 4.31. The number of hydrogen-bond donors (Lipinski definition) is 0. The summed E-state index contributed by atoms with van der Waals surface area (Å²) < 4.78 is 0. The molecule has 0 aromatic carbocycles. The van der Waals surface area contributed by atoms with Gasteiger partial charge in [0, 0.05) is 0 Å². The molecule has 1 heterocycles. The zero-order chi connectivity index (χ0) is 10.6. The molecule has 0 aromatic rings. The highest BCUT2D eigenvalue weighted by Crippen LogP contribution is 2.21. The molecule has 1 unspecified atom stereocenters. The lowest BCUT2D eigenvalue weighted by molar-refractivity contribution is 0.700. The molecule has 0 saturated carbocycles. The van der Waals surface area contributed by atoms with E-state index in [4.69, 9.17) is 0 Å². The lowest BCUT2D eigenvalue weighted by Crippen LogP contribution is -1.96. The van der Waals surface area contributed by atoms with E-state index in [0.29, 0.717) is 0 Å². The molecule has 0 fully saturated rings. The lowest BCUT2D eigenvalue weighted by atomic mass is 9.97. The van der Waals surface area contributed by atoms with Crippen LogP contribution >= 0.6 is 8.20 Å². The van der Waals surface area contributed by atoms with E-state index in [2.05, 4.69) is 39.6 Å². The number of rotatable bonds is 0. The monoisotopic (exact) mass is 208 g/mol. The van der Waals surface area contributed by atoms with Crippen LogP contribution in [-0.4, -0.2) is 12.0 Å². The fourth-order valence-corrected chi connectivity index (χ4v) is 2.84. The van der Waals surface area contributed by atoms with Gasteiger partial charge in [0.2, 0.25) is 0 Å². The summed E-state index contributed by atoms with van der Waals surface area (Å²) in [6.45, 7) is 9.07. The van der Waals surface area contributed by atoms with Gasteiger partial charge in [-0.15, -0.1) is 8.20 Å². The maximum absolute atomic E-state index is 2.43. The molecule has 0 saturated heterocycles. The van der Waals surface area contributed by atoms with Gasteiger partial charge in [0.05, 0.1) is 0 Å². The Bertz CT molecular complexity index is 282. The van der Waals surface area contributed by atoms with Crippen LogP contribution in [0.4, 0.5) is 0 Å². The Morgan fingerprint density at radius 1 is 1.29 bits per heavy atom. The summed E-state index contributed by atoms with van der Waals surface area (Å²) in [7, 11) is 1.51. The van der Waals surface area contributed by atoms with Crippen LogP contribution < -0.4 is 0 Å². The summed E-state index contributed by atoms with van der Waals surface area (Å²) in [5.74, 6) is 3.14. The van der Waals surface area contributed by atoms with E-state index in [1.165, 1.54) is 37.5 Å². The molecule has 1 aliphatic rings. The molecule has 0 amide bonds. The largest absolute Gasteiger partial charge is 0.109 e. The zero-order valence-corrected chi connectivity index (χ0v) is 10.7. The molecule has 14 heavy (non-hydrogen) atoms. The van der Waals surface area contributed by atoms with Crippen LogP contribution in [0.3, 0.4) is 0 Å². The normalized spacial score (nSPS) is 26.0. The first kappa shape index (κ1) is 11.7. The van der Waals surface area contributed by atoms with Gasteiger partial charge in [-0.05, 0) is 51.3 Å². The van der Waals surface area contributed by atoms with Crippen LogP contribution in [0.25, 0.3) is 0 Å². The third kappa shape index (κ3) is 3.42. The first-order chi connectivity index (χ1) is 6.61. The third-order valence-corrected chi connectivity index (χ3v) is 3.96. The van der Waals surface area contributed by atoms with Crippen molar-refractivity contribution in [3.63, 3.8) is 0 Å². The van der Waals surface area contributed by atoms with E-state index in [9.17, 15) is 0 Å². The minimum absolute atomic E-state index is 0.733. The highest BCUT2D eigenvalue weighted by atomic mass is 31.1. The van der Waals surface area contributed by atoms with E-state index >= 15 is 0 Å². The van der Waals surface area contributed by atoms with Gasteiger partial charge in [-0.2, -0.15) is 0 Å². The Kier molecular flexibility index (Phi) is 4.62. The summed E-state index contributed by atoms with van der Waals surface area (Å²) in [5, 5.41) is 0. The van der Waals surface area contributed by atoms with Crippen LogP contribution in [0.2, 0.25) is 0 Å². The first-order valence-electron chi connectivity index (χ1n) is 5.44. The molecule has 0 N–H and O–H groups in total. The van der Waals surface area contributed by atoms with Crippen molar-refractivity contribution in [3.8, 4) is 0 Å². The molecule has 0 aromatic heterocycles. The Hall–Kier alpha value is -0.350. The van der Waals surface area contributed by atoms with E-state index in [1.54, 1.807) is 0 Å². The molecule has 78 valence electrons. The molecule has 0 spiro atoms. The molecule has 1 atom stereocenters. The van der Waals surface area contributed by atoms with Gasteiger partial charge in [0.15, 0.2) is 0 Å². The lowest BCUT2D eigenvalue weighted by Gasteiger charge is -2.12. The predicted molar refractivity (Wildman–Crippen MR) is 68.4 cm³/mol. The molecule has 1 rings (SSSR count). The number of hydrogen-bond acceptors (Lipinski definition) is 0. The Morgan fingerprint density at radius 3 is 2.71 bits per heavy atom. The molecule has 1 aliphatic heterocycles. The molecule has 0 radical (unpaired) electrons. The maximum atomic E-state index is 2.43. The van der Waals surface area contributed by atoms with Gasteiger partial charge in [0.1, 0.15) is 0 Å². The average molecular weight is 208 g/mol. The van der Waals surface area contributed by atoms with Gasteiger partial charge in [-0.1, -0.05) is 29.9 Å². The van der Waals surface area contributed by atoms with Crippen LogP contribution in [0.1, 0.15) is 40.5 Å². The molecule has 0 nitrogen and oxygen atoms in total. The maximum Gasteiger partial charge on any atom is -0.00924 e. The summed E-state index contributed by atoms with van der Waals surface area (Å²) in [4.78, 5) is 0. The van der Waals surface area contributed by atoms with Crippen LogP contribution in [0.5, 0.6) is 0 Å². The van der Waals surface area contributed by atoms with Crippen molar-refractivity contribution in [1.29, 1.82) is 0 Å². The Balaban J connectivity index is 2.94. The topological polar surface area (TPSA) is 0 Å². The van der Waals surface area contributed by atoms with E-state index < -0.39 is 0 Å². The fourth-order valence-electron chi connectivity index (χ4n) is 1.70. The molecule has 0 aliphatic carbocycles. The van der Waals surface area contributed by atoms with Gasteiger partial charge in [-0.3, -0.25) is 0 Å². The first-order valence-corrected chi connectivity index (χ1v) is 6.59. The van der Waals surface area contributed by atoms with Gasteiger partial charge in [0.25, 0.3) is 0 Å². The van der Waals surface area contributed by atoms with Crippen molar-refractivity contribution < 1.29 is 0 Å². The van der Waals surface area contributed by atoms with Crippen molar-refractivity contribution in [3.05, 3.63) is 22.8 Å². The minimum atomic E-state index is 0.733. The molecular weight excluding hydrogens is 187 g/mol. The summed E-state index contributed by atoms with van der Waals surface area (Å²) >= 11 is 0. The smallest absolute Gasteiger partial charge is 0.00924 e. The van der Waals surface area contributed by atoms with Gasteiger partial charge >= 0.3 is 0 Å². The quantitative estimate of drug-likeness (QED) is 0.516. The van der Waals surface area contributed by atoms with Crippen LogP contribution in [-0.2, 0) is 0 Å². The van der Waals surface area contributed by atoms with E-state index in [-0.39, 0.29) is 0 Å². The van der Waals surface area contributed by atoms with Crippen molar-refractivity contribution >= 4 is 14.0 Å². The van der Waals surface area contributed by atoms with Gasteiger partial charge < -0.3 is 0 Å². The second kappa shape index (κ2) is 5.51. The molecular formula is C13H21P. The predicted octanol–water partition coefficient (Wildman–Crippen LogP) is 4.45. The van der Waals surface area contributed by atoms with E-state index in [0.717, 1.165) is 12.3 Å². The number of allylic oxidation sites excluding steroid dienone is 4. The second-order valence-corrected chi connectivity index (χ2v) is 5.49. The van der Waals surface area contributed by atoms with Crippen LogP contribution in [0.15, 0.2) is 22.8 Å². The molecule has 1 heteroatoms. The average Bonchev–Trinajstić information content (AvgIpc) is 2.14.